The van der Waals surface area contributed by atoms with Crippen LogP contribution in [0.3, 0.4) is 0 Å². The highest BCUT2D eigenvalue weighted by molar-refractivity contribution is 6.31. The first-order valence-corrected chi connectivity index (χ1v) is 10.9. The van der Waals surface area contributed by atoms with Crippen molar-refractivity contribution in [1.29, 1.82) is 0 Å². The van der Waals surface area contributed by atoms with Crippen LogP contribution < -0.4 is 0 Å². The largest absolute Gasteiger partial charge is 0.378 e. The molecule has 2 aromatic rings. The Labute approximate surface area is 197 Å². The average Bonchev–Trinajstić information content (AvgIpc) is 2.75. The van der Waals surface area contributed by atoms with E-state index in [1.54, 1.807) is 49.1 Å². The van der Waals surface area contributed by atoms with Gasteiger partial charge in [-0.1, -0.05) is 23.2 Å². The van der Waals surface area contributed by atoms with Crippen LogP contribution in [-0.4, -0.2) is 87.4 Å². The van der Waals surface area contributed by atoms with Gasteiger partial charge in [-0.05, 0) is 24.3 Å². The number of rotatable bonds is 0. The number of aromatic nitrogens is 2. The van der Waals surface area contributed by atoms with Crippen molar-refractivity contribution in [3.05, 3.63) is 57.1 Å². The van der Waals surface area contributed by atoms with Gasteiger partial charge >= 0.3 is 0 Å². The molecule has 0 atom stereocenters. The van der Waals surface area contributed by atoms with Crippen LogP contribution in [0.5, 0.6) is 0 Å². The number of nitrogens with zero attached hydrogens (tertiary/aromatic N) is 6. The zero-order valence-corrected chi connectivity index (χ0v) is 19.0. The summed E-state index contributed by atoms with van der Waals surface area (Å²) in [6, 6.07) is 7.00. The van der Waals surface area contributed by atoms with Crippen molar-refractivity contribution in [2.45, 2.75) is 0 Å². The molecule has 168 valence electrons. The van der Waals surface area contributed by atoms with Gasteiger partial charge in [0.25, 0.3) is 0 Å². The van der Waals surface area contributed by atoms with Crippen LogP contribution in [0, 0.1) is 0 Å². The van der Waals surface area contributed by atoms with E-state index in [0.29, 0.717) is 85.4 Å². The minimum Gasteiger partial charge on any atom is -0.378 e. The van der Waals surface area contributed by atoms with Crippen molar-refractivity contribution in [3.8, 4) is 0 Å². The third kappa shape index (κ3) is 9.32. The van der Waals surface area contributed by atoms with Gasteiger partial charge < -0.3 is 9.47 Å². The molecule has 0 saturated carbocycles. The highest BCUT2D eigenvalue weighted by Crippen LogP contribution is 2.11. The molecule has 0 spiro atoms. The van der Waals surface area contributed by atoms with Gasteiger partial charge in [-0.3, -0.25) is 20.0 Å². The van der Waals surface area contributed by atoms with Gasteiger partial charge in [0.2, 0.25) is 0 Å². The first-order valence-electron chi connectivity index (χ1n) is 10.2. The predicted octanol–water partition coefficient (Wildman–Crippen LogP) is 3.21. The van der Waals surface area contributed by atoms with E-state index in [-0.39, 0.29) is 0 Å². The number of ether oxygens (including phenoxy) is 2. The molecule has 0 radical (unpaired) electrons. The van der Waals surface area contributed by atoms with Crippen LogP contribution in [0.1, 0.15) is 22.8 Å². The normalized spacial score (nSPS) is 16.6. The van der Waals surface area contributed by atoms with Crippen molar-refractivity contribution < 1.29 is 9.47 Å². The number of halogens is 2. The Morgan fingerprint density at radius 2 is 0.781 bits per heavy atom. The summed E-state index contributed by atoms with van der Waals surface area (Å²) in [6.45, 7) is 3.98. The molecular weight excluding hydrogens is 451 g/mol. The lowest BCUT2D eigenvalue weighted by Crippen LogP contribution is -2.05. The Balaban J connectivity index is 1.63. The maximum Gasteiger partial charge on any atom is 0.0830 e. The van der Waals surface area contributed by atoms with Crippen LogP contribution in [0.2, 0.25) is 10.0 Å². The van der Waals surface area contributed by atoms with Gasteiger partial charge in [0.1, 0.15) is 0 Å². The molecule has 0 unspecified atom stereocenters. The minimum atomic E-state index is 0.483. The molecule has 0 saturated heterocycles. The minimum absolute atomic E-state index is 0.483. The van der Waals surface area contributed by atoms with E-state index >= 15 is 0 Å². The van der Waals surface area contributed by atoms with E-state index in [9.17, 15) is 0 Å². The SMILES string of the molecule is Clc1cc2nc(c1)C=NCCOCCN=Cc1cc(Cl)cc(n1)C=NCCOCCN=C2. The third-order valence-corrected chi connectivity index (χ3v) is 4.45. The molecule has 4 bridgehead atoms. The lowest BCUT2D eigenvalue weighted by atomic mass is 10.3. The van der Waals surface area contributed by atoms with Crippen LogP contribution in [-0.2, 0) is 9.47 Å². The fourth-order valence-corrected chi connectivity index (χ4v) is 3.09. The second kappa shape index (κ2) is 13.8. The van der Waals surface area contributed by atoms with E-state index in [0.717, 1.165) is 0 Å². The second-order valence-corrected chi connectivity index (χ2v) is 7.51. The fraction of sp³-hybridized carbons (Fsp3) is 0.364. The summed E-state index contributed by atoms with van der Waals surface area (Å²) in [6.07, 6.45) is 6.70. The molecule has 1 aliphatic heterocycles. The summed E-state index contributed by atoms with van der Waals surface area (Å²) < 4.78 is 11.1. The summed E-state index contributed by atoms with van der Waals surface area (Å²) >= 11 is 12.3. The van der Waals surface area contributed by atoms with Gasteiger partial charge in [-0.15, -0.1) is 0 Å². The Morgan fingerprint density at radius 1 is 0.500 bits per heavy atom. The van der Waals surface area contributed by atoms with Crippen molar-refractivity contribution >= 4 is 48.1 Å². The van der Waals surface area contributed by atoms with E-state index in [2.05, 4.69) is 29.9 Å². The molecule has 3 heterocycles. The number of hydrogen-bond donors (Lipinski definition) is 0. The summed E-state index contributed by atoms with van der Waals surface area (Å²) in [5, 5.41) is 1.15. The smallest absolute Gasteiger partial charge is 0.0830 e. The van der Waals surface area contributed by atoms with Crippen LogP contribution in [0.25, 0.3) is 0 Å². The van der Waals surface area contributed by atoms with Crippen LogP contribution in [0.15, 0.2) is 44.2 Å². The molecule has 2 aromatic heterocycles. The summed E-state index contributed by atoms with van der Waals surface area (Å²) in [7, 11) is 0. The van der Waals surface area contributed by atoms with E-state index in [4.69, 9.17) is 32.7 Å². The first-order chi connectivity index (χ1) is 15.7. The zero-order valence-electron chi connectivity index (χ0n) is 17.5. The zero-order chi connectivity index (χ0) is 22.4. The quantitative estimate of drug-likeness (QED) is 0.585. The second-order valence-electron chi connectivity index (χ2n) is 6.64. The predicted molar refractivity (Wildman–Crippen MR) is 130 cm³/mol. The first kappa shape index (κ1) is 24.1. The van der Waals surface area contributed by atoms with Crippen LogP contribution in [0.4, 0.5) is 0 Å². The van der Waals surface area contributed by atoms with Gasteiger partial charge in [0, 0.05) is 34.9 Å². The molecule has 10 heteroatoms. The highest BCUT2D eigenvalue weighted by Gasteiger charge is 2.00. The standard InChI is InChI=1S/C22H24Cl2N6O2/c23-17-9-19-13-25-1-5-31-6-2-26-15-21-11-18(24)12-22(30-21)16-28-4-8-32-7-3-27-14-20(10-17)29-19/h9-16H,1-8H2. The molecule has 32 heavy (non-hydrogen) atoms. The maximum absolute atomic E-state index is 6.17. The lowest BCUT2D eigenvalue weighted by Gasteiger charge is -2.02. The molecule has 0 N–H and O–H groups in total. The van der Waals surface area contributed by atoms with E-state index < -0.39 is 0 Å². The molecule has 8 nitrogen and oxygen atoms in total. The lowest BCUT2D eigenvalue weighted by molar-refractivity contribution is 0.150. The number of aliphatic imine (C=N–C) groups is 4. The highest BCUT2D eigenvalue weighted by atomic mass is 35.5. The maximum atomic E-state index is 6.17. The molecular formula is C22H24Cl2N6O2. The fourth-order valence-electron chi connectivity index (χ4n) is 2.65. The third-order valence-electron chi connectivity index (χ3n) is 4.01. The molecule has 0 aliphatic carbocycles. The summed E-state index contributed by atoms with van der Waals surface area (Å²) in [5.74, 6) is 0. The summed E-state index contributed by atoms with van der Waals surface area (Å²) in [5.41, 5.74) is 2.67. The van der Waals surface area contributed by atoms with Crippen LogP contribution >= 0.6 is 23.2 Å². The number of hydrogen-bond acceptors (Lipinski definition) is 8. The van der Waals surface area contributed by atoms with Crippen molar-refractivity contribution in [3.63, 3.8) is 0 Å². The molecule has 0 fully saturated rings. The molecule has 3 rings (SSSR count). The number of pyridine rings is 2. The Morgan fingerprint density at radius 3 is 1.06 bits per heavy atom. The molecule has 0 aromatic carbocycles. The van der Waals surface area contributed by atoms with Gasteiger partial charge in [0.05, 0.1) is 75.4 Å². The van der Waals surface area contributed by atoms with Gasteiger partial charge in [-0.2, -0.15) is 0 Å². The Hall–Kier alpha value is -2.52. The Bertz CT molecular complexity index is 846. The monoisotopic (exact) mass is 474 g/mol. The van der Waals surface area contributed by atoms with E-state index in [1.807, 2.05) is 0 Å². The van der Waals surface area contributed by atoms with Crippen molar-refractivity contribution in [2.75, 3.05) is 52.6 Å². The van der Waals surface area contributed by atoms with Crippen molar-refractivity contribution in [1.82, 2.24) is 9.97 Å². The summed E-state index contributed by atoms with van der Waals surface area (Å²) in [4.78, 5) is 26.3. The topological polar surface area (TPSA) is 93.7 Å². The van der Waals surface area contributed by atoms with Crippen molar-refractivity contribution in [2.24, 2.45) is 20.0 Å². The van der Waals surface area contributed by atoms with Gasteiger partial charge in [-0.25, -0.2) is 9.97 Å². The molecule has 1 aliphatic rings. The average molecular weight is 475 g/mol. The molecule has 0 amide bonds. The Kier molecular flexibility index (Phi) is 10.4. The van der Waals surface area contributed by atoms with E-state index in [1.165, 1.54) is 0 Å². The van der Waals surface area contributed by atoms with Gasteiger partial charge in [0.15, 0.2) is 0 Å². The number of fused-ring (bicyclic) bond motifs is 4.